The van der Waals surface area contributed by atoms with Gasteiger partial charge in [0.2, 0.25) is 5.88 Å². The lowest BCUT2D eigenvalue weighted by atomic mass is 10.1. The van der Waals surface area contributed by atoms with Gasteiger partial charge in [-0.2, -0.15) is 0 Å². The third-order valence-corrected chi connectivity index (χ3v) is 2.40. The van der Waals surface area contributed by atoms with Crippen molar-refractivity contribution in [3.8, 4) is 5.88 Å². The van der Waals surface area contributed by atoms with Crippen molar-refractivity contribution in [1.29, 1.82) is 0 Å². The Balaban J connectivity index is 2.59. The fraction of sp³-hybridized carbons (Fsp3) is 0.667. The van der Waals surface area contributed by atoms with E-state index in [1.54, 1.807) is 0 Å². The molecule has 0 aliphatic carbocycles. The molecule has 0 aliphatic rings. The van der Waals surface area contributed by atoms with Crippen LogP contribution in [0.3, 0.4) is 0 Å². The number of ether oxygens (including phenoxy) is 1. The van der Waals surface area contributed by atoms with Crippen LogP contribution in [-0.2, 0) is 6.42 Å². The summed E-state index contributed by atoms with van der Waals surface area (Å²) in [6, 6.07) is 1.40. The van der Waals surface area contributed by atoms with Crippen molar-refractivity contribution < 1.29 is 4.74 Å². The third kappa shape index (κ3) is 4.04. The summed E-state index contributed by atoms with van der Waals surface area (Å²) in [6.45, 7) is 6.85. The first-order valence-corrected chi connectivity index (χ1v) is 5.88. The van der Waals surface area contributed by atoms with Gasteiger partial charge in [-0.3, -0.25) is 4.79 Å². The second-order valence-corrected chi connectivity index (χ2v) is 4.09. The SMILES string of the molecule is CCCC(C)COc1cc(=O)[nH]c(CC)n1. The Bertz CT molecular complexity index is 374. The number of nitrogens with zero attached hydrogens (tertiary/aromatic N) is 1. The van der Waals surface area contributed by atoms with Crippen LogP contribution < -0.4 is 10.3 Å². The molecule has 0 bridgehead atoms. The Morgan fingerprint density at radius 1 is 1.50 bits per heavy atom. The van der Waals surface area contributed by atoms with Crippen LogP contribution in [0.15, 0.2) is 10.9 Å². The van der Waals surface area contributed by atoms with E-state index in [4.69, 9.17) is 4.74 Å². The van der Waals surface area contributed by atoms with Gasteiger partial charge in [0.25, 0.3) is 5.56 Å². The summed E-state index contributed by atoms with van der Waals surface area (Å²) < 4.78 is 5.51. The van der Waals surface area contributed by atoms with Crippen LogP contribution in [0.25, 0.3) is 0 Å². The number of rotatable bonds is 6. The molecule has 16 heavy (non-hydrogen) atoms. The van der Waals surface area contributed by atoms with Gasteiger partial charge in [-0.15, -0.1) is 0 Å². The van der Waals surface area contributed by atoms with Gasteiger partial charge in [-0.1, -0.05) is 27.2 Å². The van der Waals surface area contributed by atoms with Crippen molar-refractivity contribution in [3.05, 3.63) is 22.2 Å². The zero-order valence-corrected chi connectivity index (χ0v) is 10.2. The highest BCUT2D eigenvalue weighted by atomic mass is 16.5. The molecular formula is C12H20N2O2. The van der Waals surface area contributed by atoms with E-state index in [1.807, 2.05) is 6.92 Å². The van der Waals surface area contributed by atoms with Gasteiger partial charge in [-0.25, -0.2) is 4.98 Å². The number of aryl methyl sites for hydroxylation is 1. The van der Waals surface area contributed by atoms with E-state index in [-0.39, 0.29) is 5.56 Å². The number of aromatic nitrogens is 2. The minimum absolute atomic E-state index is 0.148. The average molecular weight is 224 g/mol. The molecule has 1 aromatic heterocycles. The number of aromatic amines is 1. The molecule has 90 valence electrons. The van der Waals surface area contributed by atoms with E-state index in [1.165, 1.54) is 6.07 Å². The normalized spacial score (nSPS) is 12.4. The maximum Gasteiger partial charge on any atom is 0.254 e. The van der Waals surface area contributed by atoms with Gasteiger partial charge in [0.1, 0.15) is 5.82 Å². The van der Waals surface area contributed by atoms with E-state index in [2.05, 4.69) is 23.8 Å². The molecule has 4 nitrogen and oxygen atoms in total. The molecule has 1 heterocycles. The molecule has 1 atom stereocenters. The summed E-state index contributed by atoms with van der Waals surface area (Å²) in [7, 11) is 0. The van der Waals surface area contributed by atoms with E-state index >= 15 is 0 Å². The lowest BCUT2D eigenvalue weighted by Crippen LogP contribution is -2.14. The van der Waals surface area contributed by atoms with Crippen LogP contribution >= 0.6 is 0 Å². The Labute approximate surface area is 96.1 Å². The maximum absolute atomic E-state index is 11.3. The molecule has 0 radical (unpaired) electrons. The van der Waals surface area contributed by atoms with Crippen molar-refractivity contribution in [3.63, 3.8) is 0 Å². The van der Waals surface area contributed by atoms with Gasteiger partial charge >= 0.3 is 0 Å². The number of hydrogen-bond donors (Lipinski definition) is 1. The quantitative estimate of drug-likeness (QED) is 0.805. The zero-order valence-electron chi connectivity index (χ0n) is 10.2. The highest BCUT2D eigenvalue weighted by Gasteiger charge is 2.04. The first-order chi connectivity index (χ1) is 7.65. The number of nitrogens with one attached hydrogen (secondary N) is 1. The second-order valence-electron chi connectivity index (χ2n) is 4.09. The van der Waals surface area contributed by atoms with Gasteiger partial charge in [-0.05, 0) is 12.3 Å². The minimum Gasteiger partial charge on any atom is -0.477 e. The molecule has 0 saturated carbocycles. The van der Waals surface area contributed by atoms with Crippen LogP contribution in [0.2, 0.25) is 0 Å². The summed E-state index contributed by atoms with van der Waals surface area (Å²) in [4.78, 5) is 18.1. The Morgan fingerprint density at radius 3 is 2.88 bits per heavy atom. The van der Waals surface area contributed by atoms with Crippen molar-refractivity contribution in [2.45, 2.75) is 40.0 Å². The molecule has 1 rings (SSSR count). The fourth-order valence-electron chi connectivity index (χ4n) is 1.53. The van der Waals surface area contributed by atoms with Crippen molar-refractivity contribution in [2.24, 2.45) is 5.92 Å². The molecule has 1 N–H and O–H groups in total. The highest BCUT2D eigenvalue weighted by molar-refractivity contribution is 5.08. The van der Waals surface area contributed by atoms with Gasteiger partial charge < -0.3 is 9.72 Å². The van der Waals surface area contributed by atoms with Crippen LogP contribution in [0.4, 0.5) is 0 Å². The fourth-order valence-corrected chi connectivity index (χ4v) is 1.53. The van der Waals surface area contributed by atoms with Crippen molar-refractivity contribution in [2.75, 3.05) is 6.61 Å². The Kier molecular flexibility index (Phi) is 5.02. The molecule has 0 fully saturated rings. The van der Waals surface area contributed by atoms with Gasteiger partial charge in [0, 0.05) is 6.42 Å². The summed E-state index contributed by atoms with van der Waals surface area (Å²) in [6.07, 6.45) is 2.98. The maximum atomic E-state index is 11.3. The molecular weight excluding hydrogens is 204 g/mol. The predicted molar refractivity (Wildman–Crippen MR) is 63.8 cm³/mol. The minimum atomic E-state index is -0.148. The number of hydrogen-bond acceptors (Lipinski definition) is 3. The summed E-state index contributed by atoms with van der Waals surface area (Å²) in [5.41, 5.74) is -0.148. The standard InChI is InChI=1S/C12H20N2O2/c1-4-6-9(3)8-16-12-7-11(15)13-10(5-2)14-12/h7,9H,4-6,8H2,1-3H3,(H,13,14,15). The molecule has 1 aromatic rings. The lowest BCUT2D eigenvalue weighted by Gasteiger charge is -2.11. The van der Waals surface area contributed by atoms with Crippen LogP contribution in [0, 0.1) is 5.92 Å². The molecule has 0 aromatic carbocycles. The molecule has 0 amide bonds. The van der Waals surface area contributed by atoms with Crippen LogP contribution in [0.1, 0.15) is 39.4 Å². The van der Waals surface area contributed by atoms with Crippen molar-refractivity contribution >= 4 is 0 Å². The first kappa shape index (κ1) is 12.7. The Hall–Kier alpha value is -1.32. The molecule has 0 saturated heterocycles. The van der Waals surface area contributed by atoms with Crippen LogP contribution in [0.5, 0.6) is 5.88 Å². The smallest absolute Gasteiger partial charge is 0.254 e. The lowest BCUT2D eigenvalue weighted by molar-refractivity contribution is 0.241. The zero-order chi connectivity index (χ0) is 12.0. The Morgan fingerprint density at radius 2 is 2.25 bits per heavy atom. The van der Waals surface area contributed by atoms with Crippen LogP contribution in [-0.4, -0.2) is 16.6 Å². The van der Waals surface area contributed by atoms with Gasteiger partial charge in [0.05, 0.1) is 12.7 Å². The van der Waals surface area contributed by atoms with E-state index in [0.29, 0.717) is 30.7 Å². The highest BCUT2D eigenvalue weighted by Crippen LogP contribution is 2.09. The summed E-state index contributed by atoms with van der Waals surface area (Å²) in [5.74, 6) is 1.60. The van der Waals surface area contributed by atoms with Crippen molar-refractivity contribution in [1.82, 2.24) is 9.97 Å². The molecule has 0 aliphatic heterocycles. The largest absolute Gasteiger partial charge is 0.477 e. The molecule has 1 unspecified atom stereocenters. The average Bonchev–Trinajstić information content (AvgIpc) is 2.26. The third-order valence-electron chi connectivity index (χ3n) is 2.40. The summed E-state index contributed by atoms with van der Waals surface area (Å²) >= 11 is 0. The number of H-pyrrole nitrogens is 1. The first-order valence-electron chi connectivity index (χ1n) is 5.88. The van der Waals surface area contributed by atoms with Gasteiger partial charge in [0.15, 0.2) is 0 Å². The summed E-state index contributed by atoms with van der Waals surface area (Å²) in [5, 5.41) is 0. The van der Waals surface area contributed by atoms with E-state index < -0.39 is 0 Å². The predicted octanol–water partition coefficient (Wildman–Crippen LogP) is 2.15. The van der Waals surface area contributed by atoms with E-state index in [9.17, 15) is 4.79 Å². The van der Waals surface area contributed by atoms with E-state index in [0.717, 1.165) is 12.8 Å². The molecule has 0 spiro atoms. The monoisotopic (exact) mass is 224 g/mol. The second kappa shape index (κ2) is 6.30. The molecule has 4 heteroatoms. The topological polar surface area (TPSA) is 55.0 Å².